The van der Waals surface area contributed by atoms with Crippen molar-refractivity contribution in [2.45, 2.75) is 19.3 Å². The van der Waals surface area contributed by atoms with Gasteiger partial charge in [-0.05, 0) is 43.5 Å². The van der Waals surface area contributed by atoms with Crippen LogP contribution in [-0.2, 0) is 9.53 Å². The van der Waals surface area contributed by atoms with E-state index in [0.717, 1.165) is 19.3 Å². The summed E-state index contributed by atoms with van der Waals surface area (Å²) < 4.78 is 4.96. The minimum atomic E-state index is -0.137. The fourth-order valence-corrected chi connectivity index (χ4v) is 2.85. The molecule has 0 spiro atoms. The van der Waals surface area contributed by atoms with E-state index in [1.807, 2.05) is 0 Å². The van der Waals surface area contributed by atoms with Crippen LogP contribution in [0.2, 0.25) is 5.02 Å². The Morgan fingerprint density at radius 2 is 2.09 bits per heavy atom. The summed E-state index contributed by atoms with van der Waals surface area (Å²) in [5.74, 6) is -0.157. The van der Waals surface area contributed by atoms with Crippen molar-refractivity contribution >= 4 is 23.4 Å². The number of piperidine rings is 1. The molecule has 0 bridgehead atoms. The van der Waals surface area contributed by atoms with Gasteiger partial charge in [-0.2, -0.15) is 0 Å². The number of ether oxygens (including phenoxy) is 1. The molecule has 126 valence electrons. The van der Waals surface area contributed by atoms with Crippen LogP contribution in [0, 0.1) is 5.92 Å². The first-order chi connectivity index (χ1) is 11.1. The van der Waals surface area contributed by atoms with Crippen LogP contribution in [-0.4, -0.2) is 50.1 Å². The molecular weight excluding hydrogens is 316 g/mol. The molecule has 1 aromatic rings. The molecule has 2 amide bonds. The van der Waals surface area contributed by atoms with Crippen molar-refractivity contribution in [1.29, 1.82) is 0 Å². The van der Waals surface area contributed by atoms with Crippen LogP contribution in [0.25, 0.3) is 0 Å². The highest BCUT2D eigenvalue weighted by atomic mass is 35.5. The summed E-state index contributed by atoms with van der Waals surface area (Å²) in [5.41, 5.74) is 0.607. The first kappa shape index (κ1) is 17.8. The van der Waals surface area contributed by atoms with Crippen molar-refractivity contribution in [2.75, 3.05) is 33.4 Å². The van der Waals surface area contributed by atoms with Gasteiger partial charge in [-0.1, -0.05) is 11.6 Å². The molecule has 0 radical (unpaired) electrons. The molecule has 2 rings (SSSR count). The second kappa shape index (κ2) is 8.89. The van der Waals surface area contributed by atoms with Crippen molar-refractivity contribution < 1.29 is 14.3 Å². The third-order valence-corrected chi connectivity index (χ3v) is 4.25. The Labute approximate surface area is 141 Å². The molecule has 6 heteroatoms. The maximum atomic E-state index is 12.5. The van der Waals surface area contributed by atoms with Gasteiger partial charge in [-0.15, -0.1) is 0 Å². The molecule has 1 atom stereocenters. The van der Waals surface area contributed by atoms with Crippen LogP contribution >= 0.6 is 11.6 Å². The Morgan fingerprint density at radius 3 is 2.78 bits per heavy atom. The molecule has 1 fully saturated rings. The minimum Gasteiger partial charge on any atom is -0.385 e. The van der Waals surface area contributed by atoms with E-state index in [-0.39, 0.29) is 17.7 Å². The van der Waals surface area contributed by atoms with E-state index in [9.17, 15) is 9.59 Å². The number of nitrogens with one attached hydrogen (secondary N) is 1. The largest absolute Gasteiger partial charge is 0.385 e. The number of carbonyl (C=O) groups excluding carboxylic acids is 2. The van der Waals surface area contributed by atoms with E-state index in [2.05, 4.69) is 5.32 Å². The standard InChI is InChI=1S/C17H23ClN2O3/c1-23-11-3-9-19-16(21)14-4-2-10-20(12-14)17(22)13-5-7-15(18)8-6-13/h5-8,14H,2-4,9-12H2,1H3,(H,19,21). The number of rotatable bonds is 6. The lowest BCUT2D eigenvalue weighted by atomic mass is 9.96. The van der Waals surface area contributed by atoms with E-state index in [1.54, 1.807) is 36.3 Å². The highest BCUT2D eigenvalue weighted by Gasteiger charge is 2.28. The summed E-state index contributed by atoms with van der Waals surface area (Å²) in [4.78, 5) is 26.5. The van der Waals surface area contributed by atoms with Crippen molar-refractivity contribution in [3.05, 3.63) is 34.9 Å². The number of nitrogens with zero attached hydrogens (tertiary/aromatic N) is 1. The summed E-state index contributed by atoms with van der Waals surface area (Å²) in [6.07, 6.45) is 2.46. The number of carbonyl (C=O) groups is 2. The van der Waals surface area contributed by atoms with Gasteiger partial charge in [0.05, 0.1) is 5.92 Å². The molecule has 0 aromatic heterocycles. The van der Waals surface area contributed by atoms with Crippen LogP contribution in [0.3, 0.4) is 0 Å². The number of amides is 2. The number of benzene rings is 1. The molecule has 1 aromatic carbocycles. The van der Waals surface area contributed by atoms with E-state index >= 15 is 0 Å². The third-order valence-electron chi connectivity index (χ3n) is 4.00. The zero-order valence-electron chi connectivity index (χ0n) is 13.4. The van der Waals surface area contributed by atoms with Crippen molar-refractivity contribution in [1.82, 2.24) is 10.2 Å². The van der Waals surface area contributed by atoms with Crippen LogP contribution in [0.15, 0.2) is 24.3 Å². The first-order valence-electron chi connectivity index (χ1n) is 7.93. The number of methoxy groups -OCH3 is 1. The first-order valence-corrected chi connectivity index (χ1v) is 8.31. The van der Waals surface area contributed by atoms with Gasteiger partial charge in [0.25, 0.3) is 5.91 Å². The van der Waals surface area contributed by atoms with Crippen LogP contribution in [0.5, 0.6) is 0 Å². The lowest BCUT2D eigenvalue weighted by Crippen LogP contribution is -2.45. The van der Waals surface area contributed by atoms with Crippen LogP contribution in [0.4, 0.5) is 0 Å². The molecule has 1 unspecified atom stereocenters. The fourth-order valence-electron chi connectivity index (χ4n) is 2.72. The van der Waals surface area contributed by atoms with Gasteiger partial charge in [0.15, 0.2) is 0 Å². The normalized spacial score (nSPS) is 17.8. The van der Waals surface area contributed by atoms with Crippen molar-refractivity contribution in [3.8, 4) is 0 Å². The average Bonchev–Trinajstić information content (AvgIpc) is 2.59. The van der Waals surface area contributed by atoms with Gasteiger partial charge < -0.3 is 15.0 Å². The van der Waals surface area contributed by atoms with Gasteiger partial charge in [-0.3, -0.25) is 9.59 Å². The summed E-state index contributed by atoms with van der Waals surface area (Å²) in [7, 11) is 1.64. The molecule has 1 aliphatic rings. The molecule has 0 saturated carbocycles. The predicted octanol–water partition coefficient (Wildman–Crippen LogP) is 2.34. The van der Waals surface area contributed by atoms with Crippen LogP contribution in [0.1, 0.15) is 29.6 Å². The molecular formula is C17H23ClN2O3. The van der Waals surface area contributed by atoms with E-state index in [1.165, 1.54) is 0 Å². The molecule has 1 saturated heterocycles. The zero-order chi connectivity index (χ0) is 16.7. The maximum absolute atomic E-state index is 12.5. The Kier molecular flexibility index (Phi) is 6.86. The molecule has 23 heavy (non-hydrogen) atoms. The van der Waals surface area contributed by atoms with E-state index in [4.69, 9.17) is 16.3 Å². The Bertz CT molecular complexity index is 533. The summed E-state index contributed by atoms with van der Waals surface area (Å²) in [5, 5.41) is 3.52. The van der Waals surface area contributed by atoms with Crippen molar-refractivity contribution in [2.24, 2.45) is 5.92 Å². The lowest BCUT2D eigenvalue weighted by Gasteiger charge is -2.32. The molecule has 5 nitrogen and oxygen atoms in total. The van der Waals surface area contributed by atoms with Gasteiger partial charge in [0.1, 0.15) is 0 Å². The zero-order valence-corrected chi connectivity index (χ0v) is 14.1. The Hall–Kier alpha value is -1.59. The molecule has 1 N–H and O–H groups in total. The monoisotopic (exact) mass is 338 g/mol. The second-order valence-corrected chi connectivity index (χ2v) is 6.17. The number of hydrogen-bond donors (Lipinski definition) is 1. The highest BCUT2D eigenvalue weighted by molar-refractivity contribution is 6.30. The minimum absolute atomic E-state index is 0.0229. The van der Waals surface area contributed by atoms with Gasteiger partial charge in [0.2, 0.25) is 5.91 Å². The number of likely N-dealkylation sites (tertiary alicyclic amines) is 1. The van der Waals surface area contributed by atoms with Crippen molar-refractivity contribution in [3.63, 3.8) is 0 Å². The van der Waals surface area contributed by atoms with E-state index in [0.29, 0.717) is 36.8 Å². The fraction of sp³-hybridized carbons (Fsp3) is 0.529. The Morgan fingerprint density at radius 1 is 1.35 bits per heavy atom. The molecule has 0 aliphatic carbocycles. The smallest absolute Gasteiger partial charge is 0.253 e. The summed E-state index contributed by atoms with van der Waals surface area (Å²) in [6, 6.07) is 6.86. The summed E-state index contributed by atoms with van der Waals surface area (Å²) >= 11 is 5.85. The predicted molar refractivity (Wildman–Crippen MR) is 89.6 cm³/mol. The van der Waals surface area contributed by atoms with E-state index < -0.39 is 0 Å². The second-order valence-electron chi connectivity index (χ2n) is 5.73. The quantitative estimate of drug-likeness (QED) is 0.810. The SMILES string of the molecule is COCCCNC(=O)C1CCCN(C(=O)c2ccc(Cl)cc2)C1. The maximum Gasteiger partial charge on any atom is 0.253 e. The molecule has 1 heterocycles. The number of halogens is 1. The van der Waals surface area contributed by atoms with Crippen LogP contribution < -0.4 is 5.32 Å². The third kappa shape index (κ3) is 5.22. The van der Waals surface area contributed by atoms with Gasteiger partial charge in [-0.25, -0.2) is 0 Å². The average molecular weight is 339 g/mol. The van der Waals surface area contributed by atoms with Gasteiger partial charge >= 0.3 is 0 Å². The topological polar surface area (TPSA) is 58.6 Å². The lowest BCUT2D eigenvalue weighted by molar-refractivity contribution is -0.126. The molecule has 1 aliphatic heterocycles. The summed E-state index contributed by atoms with van der Waals surface area (Å²) in [6.45, 7) is 2.40. The van der Waals surface area contributed by atoms with Gasteiger partial charge in [0, 0.05) is 43.9 Å². The number of hydrogen-bond acceptors (Lipinski definition) is 3. The highest BCUT2D eigenvalue weighted by Crippen LogP contribution is 2.19. The Balaban J connectivity index is 1.88.